The number of nitrogens with one attached hydrogen (secondary N) is 2. The number of thiazole rings is 1. The Bertz CT molecular complexity index is 449. The van der Waals surface area contributed by atoms with E-state index in [1.165, 1.54) is 11.3 Å². The average molecular weight is 274 g/mol. The third kappa shape index (κ3) is 4.57. The first-order valence-electron chi connectivity index (χ1n) is 5.44. The van der Waals surface area contributed by atoms with Crippen molar-refractivity contribution < 1.29 is 9.90 Å². The Morgan fingerprint density at radius 2 is 2.24 bits per heavy atom. The number of aliphatic hydroxyl groups is 1. The molecular formula is C11H18N2O2S2. The highest BCUT2D eigenvalue weighted by atomic mass is 32.1. The number of aryl methyl sites for hydroxylation is 1. The number of aromatic amines is 1. The predicted octanol–water partition coefficient (Wildman–Crippen LogP) is 1.93. The number of amides is 1. The second-order valence-electron chi connectivity index (χ2n) is 4.65. The minimum Gasteiger partial charge on any atom is -0.396 e. The molecule has 96 valence electrons. The van der Waals surface area contributed by atoms with Crippen molar-refractivity contribution in [2.75, 3.05) is 6.61 Å². The molecule has 0 aliphatic carbocycles. The van der Waals surface area contributed by atoms with Gasteiger partial charge in [0.2, 0.25) is 5.91 Å². The Labute approximate surface area is 110 Å². The van der Waals surface area contributed by atoms with Crippen molar-refractivity contribution >= 4 is 29.5 Å². The van der Waals surface area contributed by atoms with Gasteiger partial charge in [0, 0.05) is 22.7 Å². The van der Waals surface area contributed by atoms with Crippen molar-refractivity contribution in [1.29, 1.82) is 0 Å². The largest absolute Gasteiger partial charge is 0.396 e. The number of carbonyl (C=O) groups is 1. The topological polar surface area (TPSA) is 65.1 Å². The van der Waals surface area contributed by atoms with Gasteiger partial charge in [0.15, 0.2) is 3.95 Å². The number of aliphatic hydroxyl groups excluding tert-OH is 1. The molecule has 0 aromatic carbocycles. The van der Waals surface area contributed by atoms with Crippen LogP contribution in [0.5, 0.6) is 0 Å². The van der Waals surface area contributed by atoms with Crippen molar-refractivity contribution in [3.8, 4) is 0 Å². The SMILES string of the molecule is Cc1[nH]c(=S)sc1CC(=O)NC(C)(C)CCO. The van der Waals surface area contributed by atoms with Crippen molar-refractivity contribution in [1.82, 2.24) is 10.3 Å². The van der Waals surface area contributed by atoms with Gasteiger partial charge in [0.25, 0.3) is 0 Å². The molecule has 17 heavy (non-hydrogen) atoms. The number of rotatable bonds is 5. The first-order chi connectivity index (χ1) is 7.84. The molecule has 0 spiro atoms. The fraction of sp³-hybridized carbons (Fsp3) is 0.636. The Balaban J connectivity index is 2.61. The Kier molecular flexibility index (Phi) is 4.85. The van der Waals surface area contributed by atoms with E-state index in [0.29, 0.717) is 16.8 Å². The molecule has 3 N–H and O–H groups in total. The molecule has 0 atom stereocenters. The van der Waals surface area contributed by atoms with Crippen LogP contribution in [0, 0.1) is 10.9 Å². The summed E-state index contributed by atoms with van der Waals surface area (Å²) in [6.07, 6.45) is 0.874. The normalized spacial score (nSPS) is 11.5. The van der Waals surface area contributed by atoms with Gasteiger partial charge in [-0.05, 0) is 39.4 Å². The van der Waals surface area contributed by atoms with Crippen LogP contribution < -0.4 is 5.32 Å². The predicted molar refractivity (Wildman–Crippen MR) is 71.9 cm³/mol. The van der Waals surface area contributed by atoms with Crippen LogP contribution in [0.2, 0.25) is 0 Å². The van der Waals surface area contributed by atoms with Gasteiger partial charge in [-0.25, -0.2) is 0 Å². The summed E-state index contributed by atoms with van der Waals surface area (Å²) >= 11 is 6.45. The number of H-pyrrole nitrogens is 1. The molecule has 0 aliphatic heterocycles. The maximum atomic E-state index is 11.8. The molecule has 1 heterocycles. The molecule has 1 rings (SSSR count). The summed E-state index contributed by atoms with van der Waals surface area (Å²) in [6, 6.07) is 0. The molecular weight excluding hydrogens is 256 g/mol. The highest BCUT2D eigenvalue weighted by Crippen LogP contribution is 2.16. The molecule has 0 unspecified atom stereocenters. The van der Waals surface area contributed by atoms with E-state index in [-0.39, 0.29) is 18.1 Å². The molecule has 1 aromatic rings. The lowest BCUT2D eigenvalue weighted by Crippen LogP contribution is -2.44. The summed E-state index contributed by atoms with van der Waals surface area (Å²) in [7, 11) is 0. The summed E-state index contributed by atoms with van der Waals surface area (Å²) in [5.74, 6) is -0.0446. The summed E-state index contributed by atoms with van der Waals surface area (Å²) in [4.78, 5) is 15.8. The smallest absolute Gasteiger partial charge is 0.225 e. The standard InChI is InChI=1S/C11H18N2O2S2/c1-7-8(17-10(16)12-7)6-9(15)13-11(2,3)4-5-14/h14H,4-6H2,1-3H3,(H,12,16)(H,13,15). The fourth-order valence-corrected chi connectivity index (χ4v) is 2.81. The van der Waals surface area contributed by atoms with Crippen molar-refractivity contribution in [3.05, 3.63) is 14.5 Å². The van der Waals surface area contributed by atoms with E-state index in [9.17, 15) is 4.79 Å². The highest BCUT2D eigenvalue weighted by molar-refractivity contribution is 7.73. The van der Waals surface area contributed by atoms with Gasteiger partial charge in [-0.3, -0.25) is 4.79 Å². The fourth-order valence-electron chi connectivity index (χ4n) is 1.51. The zero-order chi connectivity index (χ0) is 13.1. The molecule has 0 aliphatic rings. The number of hydrogen-bond acceptors (Lipinski definition) is 4. The number of aromatic nitrogens is 1. The zero-order valence-corrected chi connectivity index (χ0v) is 11.9. The second-order valence-corrected chi connectivity index (χ2v) is 6.42. The van der Waals surface area contributed by atoms with E-state index in [1.807, 2.05) is 20.8 Å². The summed E-state index contributed by atoms with van der Waals surface area (Å²) < 4.78 is 0.694. The van der Waals surface area contributed by atoms with Crippen LogP contribution in [0.1, 0.15) is 30.8 Å². The van der Waals surface area contributed by atoms with Gasteiger partial charge in [0.1, 0.15) is 0 Å². The van der Waals surface area contributed by atoms with E-state index in [1.54, 1.807) is 0 Å². The minimum atomic E-state index is -0.377. The van der Waals surface area contributed by atoms with Crippen LogP contribution in [-0.2, 0) is 11.2 Å². The maximum absolute atomic E-state index is 11.8. The van der Waals surface area contributed by atoms with Gasteiger partial charge in [-0.15, -0.1) is 11.3 Å². The molecule has 6 heteroatoms. The first-order valence-corrected chi connectivity index (χ1v) is 6.67. The number of hydrogen-bond donors (Lipinski definition) is 3. The van der Waals surface area contributed by atoms with E-state index >= 15 is 0 Å². The van der Waals surface area contributed by atoms with Gasteiger partial charge in [-0.1, -0.05) is 0 Å². The van der Waals surface area contributed by atoms with E-state index in [2.05, 4.69) is 10.3 Å². The van der Waals surface area contributed by atoms with Crippen LogP contribution >= 0.6 is 23.6 Å². The van der Waals surface area contributed by atoms with Crippen LogP contribution in [0.3, 0.4) is 0 Å². The van der Waals surface area contributed by atoms with E-state index in [4.69, 9.17) is 17.3 Å². The molecule has 0 fully saturated rings. The minimum absolute atomic E-state index is 0.0446. The van der Waals surface area contributed by atoms with E-state index < -0.39 is 0 Å². The van der Waals surface area contributed by atoms with Gasteiger partial charge in [0.05, 0.1) is 6.42 Å². The Morgan fingerprint density at radius 3 is 2.71 bits per heavy atom. The summed E-state index contributed by atoms with van der Waals surface area (Å²) in [5, 5.41) is 11.8. The second kappa shape index (κ2) is 5.75. The van der Waals surface area contributed by atoms with Crippen LogP contribution in [-0.4, -0.2) is 28.1 Å². The monoisotopic (exact) mass is 274 g/mol. The molecule has 0 saturated carbocycles. The zero-order valence-electron chi connectivity index (χ0n) is 10.3. The molecule has 0 bridgehead atoms. The Morgan fingerprint density at radius 1 is 1.59 bits per heavy atom. The molecule has 1 amide bonds. The van der Waals surface area contributed by atoms with Crippen LogP contribution in [0.25, 0.3) is 0 Å². The van der Waals surface area contributed by atoms with Crippen LogP contribution in [0.4, 0.5) is 0 Å². The van der Waals surface area contributed by atoms with Crippen molar-refractivity contribution in [2.45, 2.75) is 39.2 Å². The maximum Gasteiger partial charge on any atom is 0.225 e. The molecule has 0 radical (unpaired) electrons. The van der Waals surface area contributed by atoms with Crippen molar-refractivity contribution in [3.63, 3.8) is 0 Å². The van der Waals surface area contributed by atoms with Gasteiger partial charge < -0.3 is 15.4 Å². The molecule has 1 aromatic heterocycles. The van der Waals surface area contributed by atoms with Gasteiger partial charge >= 0.3 is 0 Å². The average Bonchev–Trinajstić information content (AvgIpc) is 2.43. The lowest BCUT2D eigenvalue weighted by molar-refractivity contribution is -0.122. The number of carbonyl (C=O) groups excluding carboxylic acids is 1. The van der Waals surface area contributed by atoms with E-state index in [0.717, 1.165) is 10.6 Å². The first kappa shape index (κ1) is 14.3. The third-order valence-electron chi connectivity index (χ3n) is 2.46. The summed E-state index contributed by atoms with van der Waals surface area (Å²) in [6.45, 7) is 5.77. The third-order valence-corrected chi connectivity index (χ3v) is 3.80. The van der Waals surface area contributed by atoms with Crippen molar-refractivity contribution in [2.24, 2.45) is 0 Å². The molecule has 4 nitrogen and oxygen atoms in total. The lowest BCUT2D eigenvalue weighted by Gasteiger charge is -2.25. The Hall–Kier alpha value is -0.720. The summed E-state index contributed by atoms with van der Waals surface area (Å²) in [5.41, 5.74) is 0.576. The van der Waals surface area contributed by atoms with Crippen LogP contribution in [0.15, 0.2) is 0 Å². The van der Waals surface area contributed by atoms with Gasteiger partial charge in [-0.2, -0.15) is 0 Å². The molecule has 0 saturated heterocycles. The quantitative estimate of drug-likeness (QED) is 0.719. The highest BCUT2D eigenvalue weighted by Gasteiger charge is 2.20. The lowest BCUT2D eigenvalue weighted by atomic mass is 10.0.